The molecule has 25 heavy (non-hydrogen) atoms. The first kappa shape index (κ1) is 19.6. The smallest absolute Gasteiger partial charge is 0.240 e. The maximum atomic E-state index is 12.5. The number of nitrogens with zero attached hydrogens (tertiary/aromatic N) is 1. The van der Waals surface area contributed by atoms with E-state index >= 15 is 0 Å². The molecule has 0 saturated heterocycles. The van der Waals surface area contributed by atoms with Crippen LogP contribution < -0.4 is 4.72 Å². The van der Waals surface area contributed by atoms with E-state index in [0.29, 0.717) is 11.3 Å². The van der Waals surface area contributed by atoms with Gasteiger partial charge >= 0.3 is 0 Å². The first-order valence-electron chi connectivity index (χ1n) is 7.64. The lowest BCUT2D eigenvalue weighted by atomic mass is 10.2. The topological polar surface area (TPSA) is 96.7 Å². The summed E-state index contributed by atoms with van der Waals surface area (Å²) in [6.07, 6.45) is 2.54. The Morgan fingerprint density at radius 2 is 1.84 bits per heavy atom. The minimum absolute atomic E-state index is 0.00360. The summed E-state index contributed by atoms with van der Waals surface area (Å²) in [4.78, 5) is 0.199. The molecular weight excluding hydrogens is 364 g/mol. The number of furan rings is 1. The fourth-order valence-corrected chi connectivity index (χ4v) is 4.45. The third-order valence-corrected chi connectivity index (χ3v) is 6.52. The van der Waals surface area contributed by atoms with Crippen LogP contribution in [-0.4, -0.2) is 40.5 Å². The molecule has 0 bridgehead atoms. The van der Waals surface area contributed by atoms with Crippen molar-refractivity contribution in [1.29, 1.82) is 0 Å². The van der Waals surface area contributed by atoms with Crippen LogP contribution in [0.2, 0.25) is 0 Å². The quantitative estimate of drug-likeness (QED) is 0.744. The van der Waals surface area contributed by atoms with Gasteiger partial charge in [-0.2, -0.15) is 4.31 Å². The van der Waals surface area contributed by atoms with Gasteiger partial charge in [-0.05, 0) is 43.2 Å². The number of benzene rings is 1. The second-order valence-electron chi connectivity index (χ2n) is 5.84. The summed E-state index contributed by atoms with van der Waals surface area (Å²) in [6, 6.07) is 8.50. The maximum absolute atomic E-state index is 12.5. The average Bonchev–Trinajstić information content (AvgIpc) is 3.00. The third-order valence-electron chi connectivity index (χ3n) is 3.67. The Morgan fingerprint density at radius 1 is 1.12 bits per heavy atom. The monoisotopic (exact) mass is 386 g/mol. The highest BCUT2D eigenvalue weighted by atomic mass is 32.2. The van der Waals surface area contributed by atoms with Crippen molar-refractivity contribution in [2.24, 2.45) is 0 Å². The molecule has 2 rings (SSSR count). The zero-order valence-corrected chi connectivity index (χ0v) is 16.0. The lowest BCUT2D eigenvalue weighted by Crippen LogP contribution is -2.37. The summed E-state index contributed by atoms with van der Waals surface area (Å²) >= 11 is 0. The van der Waals surface area contributed by atoms with Gasteiger partial charge in [-0.1, -0.05) is 12.1 Å². The normalized spacial score (nSPS) is 12.6. The van der Waals surface area contributed by atoms with Crippen LogP contribution in [0.4, 0.5) is 0 Å². The Labute approximate surface area is 148 Å². The van der Waals surface area contributed by atoms with E-state index in [1.807, 2.05) is 13.0 Å². The highest BCUT2D eigenvalue weighted by Crippen LogP contribution is 2.16. The number of hydrogen-bond acceptors (Lipinski definition) is 5. The predicted octanol–water partition coefficient (Wildman–Crippen LogP) is 1.64. The van der Waals surface area contributed by atoms with Crippen molar-refractivity contribution < 1.29 is 21.3 Å². The molecule has 0 unspecified atom stereocenters. The number of hydrogen-bond donors (Lipinski definition) is 1. The molecule has 0 aliphatic carbocycles. The van der Waals surface area contributed by atoms with E-state index in [-0.39, 0.29) is 24.5 Å². The Bertz CT molecular complexity index is 919. The van der Waals surface area contributed by atoms with Crippen LogP contribution in [0.25, 0.3) is 0 Å². The molecule has 138 valence electrons. The Kier molecular flexibility index (Phi) is 6.04. The van der Waals surface area contributed by atoms with E-state index in [2.05, 4.69) is 4.72 Å². The van der Waals surface area contributed by atoms with Gasteiger partial charge in [-0.25, -0.2) is 21.6 Å². The minimum Gasteiger partial charge on any atom is -0.468 e. The number of aryl methyl sites for hydroxylation is 2. The molecule has 0 amide bonds. The number of sulfonamides is 2. The molecule has 9 heteroatoms. The molecule has 1 aromatic heterocycles. The first-order valence-corrected chi connectivity index (χ1v) is 11.0. The second-order valence-corrected chi connectivity index (χ2v) is 9.56. The Balaban J connectivity index is 2.07. The summed E-state index contributed by atoms with van der Waals surface area (Å²) in [5, 5.41) is 0. The number of rotatable bonds is 8. The third kappa shape index (κ3) is 5.40. The number of nitrogens with one attached hydrogen (secondary N) is 1. The van der Waals surface area contributed by atoms with E-state index < -0.39 is 20.0 Å². The molecule has 0 aliphatic rings. The molecule has 0 saturated carbocycles. The van der Waals surface area contributed by atoms with Gasteiger partial charge in [0.2, 0.25) is 20.0 Å². The van der Waals surface area contributed by atoms with E-state index in [1.165, 1.54) is 6.26 Å². The molecule has 1 N–H and O–H groups in total. The standard InChI is InChI=1S/C16H22N2O5S2/c1-13-6-7-14(2)16(11-13)25(21,22)17-8-9-18(24(3,19)20)12-15-5-4-10-23-15/h4-7,10-11,17H,8-9,12H2,1-3H3. The van der Waals surface area contributed by atoms with Crippen molar-refractivity contribution in [3.05, 3.63) is 53.5 Å². The lowest BCUT2D eigenvalue weighted by Gasteiger charge is -2.19. The molecule has 2 aromatic rings. The van der Waals surface area contributed by atoms with E-state index in [4.69, 9.17) is 4.42 Å². The summed E-state index contributed by atoms with van der Waals surface area (Å²) in [5.41, 5.74) is 1.47. The fourth-order valence-electron chi connectivity index (χ4n) is 2.32. The van der Waals surface area contributed by atoms with Crippen LogP contribution in [-0.2, 0) is 26.6 Å². The summed E-state index contributed by atoms with van der Waals surface area (Å²) < 4.78 is 57.5. The van der Waals surface area contributed by atoms with Crippen LogP contribution in [0.15, 0.2) is 45.9 Å². The molecule has 0 atom stereocenters. The first-order chi connectivity index (χ1) is 11.6. The van der Waals surface area contributed by atoms with Crippen molar-refractivity contribution in [3.63, 3.8) is 0 Å². The van der Waals surface area contributed by atoms with Crippen LogP contribution in [0.5, 0.6) is 0 Å². The Morgan fingerprint density at radius 3 is 2.44 bits per heavy atom. The van der Waals surface area contributed by atoms with Gasteiger partial charge in [-0.15, -0.1) is 0 Å². The average molecular weight is 386 g/mol. The zero-order valence-electron chi connectivity index (χ0n) is 14.4. The van der Waals surface area contributed by atoms with Crippen molar-refractivity contribution in [1.82, 2.24) is 9.03 Å². The van der Waals surface area contributed by atoms with Crippen molar-refractivity contribution in [3.8, 4) is 0 Å². The fraction of sp³-hybridized carbons (Fsp3) is 0.375. The van der Waals surface area contributed by atoms with Gasteiger partial charge in [0.15, 0.2) is 0 Å². The van der Waals surface area contributed by atoms with Crippen LogP contribution >= 0.6 is 0 Å². The van der Waals surface area contributed by atoms with E-state index in [9.17, 15) is 16.8 Å². The lowest BCUT2D eigenvalue weighted by molar-refractivity contribution is 0.368. The van der Waals surface area contributed by atoms with Crippen LogP contribution in [0.1, 0.15) is 16.9 Å². The van der Waals surface area contributed by atoms with Gasteiger partial charge < -0.3 is 4.42 Å². The SMILES string of the molecule is Cc1ccc(C)c(S(=O)(=O)NCCN(Cc2ccco2)S(C)(=O)=O)c1. The van der Waals surface area contributed by atoms with Gasteiger partial charge in [0.05, 0.1) is 24.0 Å². The minimum atomic E-state index is -3.71. The molecule has 0 aliphatic heterocycles. The second kappa shape index (κ2) is 7.69. The molecule has 0 fully saturated rings. The van der Waals surface area contributed by atoms with E-state index in [1.54, 1.807) is 31.2 Å². The maximum Gasteiger partial charge on any atom is 0.240 e. The largest absolute Gasteiger partial charge is 0.468 e. The predicted molar refractivity (Wildman–Crippen MR) is 95.1 cm³/mol. The molecule has 1 aromatic carbocycles. The van der Waals surface area contributed by atoms with E-state index in [0.717, 1.165) is 16.1 Å². The molecule has 1 heterocycles. The van der Waals surface area contributed by atoms with Crippen molar-refractivity contribution in [2.75, 3.05) is 19.3 Å². The molecule has 0 spiro atoms. The highest BCUT2D eigenvalue weighted by molar-refractivity contribution is 7.89. The zero-order chi connectivity index (χ0) is 18.7. The summed E-state index contributed by atoms with van der Waals surface area (Å²) in [6.45, 7) is 3.55. The van der Waals surface area contributed by atoms with Gasteiger partial charge in [-0.3, -0.25) is 0 Å². The summed E-state index contributed by atoms with van der Waals surface area (Å²) in [7, 11) is -7.21. The molecule has 7 nitrogen and oxygen atoms in total. The van der Waals surface area contributed by atoms with Crippen molar-refractivity contribution >= 4 is 20.0 Å². The molecular formula is C16H22N2O5S2. The van der Waals surface area contributed by atoms with Crippen LogP contribution in [0.3, 0.4) is 0 Å². The summed E-state index contributed by atoms with van der Waals surface area (Å²) in [5.74, 6) is 0.489. The Hall–Kier alpha value is -1.68. The van der Waals surface area contributed by atoms with Crippen molar-refractivity contribution in [2.45, 2.75) is 25.3 Å². The van der Waals surface area contributed by atoms with Crippen LogP contribution in [0, 0.1) is 13.8 Å². The molecule has 0 radical (unpaired) electrons. The van der Waals surface area contributed by atoms with Gasteiger partial charge in [0.1, 0.15) is 5.76 Å². The van der Waals surface area contributed by atoms with Gasteiger partial charge in [0.25, 0.3) is 0 Å². The van der Waals surface area contributed by atoms with Gasteiger partial charge in [0, 0.05) is 13.1 Å². The highest BCUT2D eigenvalue weighted by Gasteiger charge is 2.21.